The third-order valence-electron chi connectivity index (χ3n) is 2.49. The van der Waals surface area contributed by atoms with Gasteiger partial charge in [-0.05, 0) is 0 Å². The van der Waals surface area contributed by atoms with Crippen LogP contribution in [-0.2, 0) is 22.6 Å². The second-order valence-corrected chi connectivity index (χ2v) is 4.45. The number of primary amides is 1. The van der Waals surface area contributed by atoms with Crippen molar-refractivity contribution in [1.82, 2.24) is 19.9 Å². The Kier molecular flexibility index (Phi) is 6.20. The molecule has 0 saturated carbocycles. The Morgan fingerprint density at radius 1 is 1.41 bits per heavy atom. The standard InChI is InChI=1S/C12H17N5O5/c1-16(2)12(21)17(5-8(7-19)11(13)20)6-10-14-9(3-4-18)15-22-10/h5,7,18H,3-4,6H2,1-2H3,(H2,13,20)/b8-5+. The fourth-order valence-electron chi connectivity index (χ4n) is 1.45. The minimum atomic E-state index is -0.960. The van der Waals surface area contributed by atoms with Gasteiger partial charge in [-0.25, -0.2) is 4.79 Å². The molecule has 0 fully saturated rings. The van der Waals surface area contributed by atoms with E-state index < -0.39 is 11.9 Å². The molecule has 22 heavy (non-hydrogen) atoms. The SMILES string of the molecule is CN(C)C(=O)N(/C=C(\C=O)C(N)=O)Cc1nc(CCO)no1. The van der Waals surface area contributed by atoms with Crippen LogP contribution in [0.4, 0.5) is 4.79 Å². The molecule has 10 nitrogen and oxygen atoms in total. The number of aliphatic hydroxyl groups is 1. The average molecular weight is 311 g/mol. The van der Waals surface area contributed by atoms with Crippen LogP contribution in [0.25, 0.3) is 0 Å². The maximum Gasteiger partial charge on any atom is 0.323 e. The van der Waals surface area contributed by atoms with Crippen molar-refractivity contribution in [1.29, 1.82) is 0 Å². The molecular weight excluding hydrogens is 294 g/mol. The molecule has 1 heterocycles. The zero-order valence-electron chi connectivity index (χ0n) is 12.2. The Morgan fingerprint density at radius 2 is 2.09 bits per heavy atom. The third-order valence-corrected chi connectivity index (χ3v) is 2.49. The number of nitrogens with zero attached hydrogens (tertiary/aromatic N) is 4. The van der Waals surface area contributed by atoms with E-state index in [9.17, 15) is 14.4 Å². The van der Waals surface area contributed by atoms with Gasteiger partial charge in [-0.1, -0.05) is 5.16 Å². The summed E-state index contributed by atoms with van der Waals surface area (Å²) in [5.74, 6) is -0.591. The number of aliphatic hydroxyl groups excluding tert-OH is 1. The number of amides is 3. The summed E-state index contributed by atoms with van der Waals surface area (Å²) >= 11 is 0. The number of rotatable bonds is 7. The normalized spacial score (nSPS) is 11.1. The van der Waals surface area contributed by atoms with Crippen LogP contribution in [0.15, 0.2) is 16.3 Å². The molecule has 3 amide bonds. The molecule has 0 saturated heterocycles. The van der Waals surface area contributed by atoms with E-state index in [1.165, 1.54) is 19.0 Å². The van der Waals surface area contributed by atoms with E-state index in [-0.39, 0.29) is 43.1 Å². The van der Waals surface area contributed by atoms with Gasteiger partial charge in [-0.2, -0.15) is 4.98 Å². The molecule has 0 aliphatic rings. The minimum absolute atomic E-state index is 0.0876. The molecule has 0 unspecified atom stereocenters. The second kappa shape index (κ2) is 7.88. The van der Waals surface area contributed by atoms with Gasteiger partial charge in [-0.3, -0.25) is 14.5 Å². The maximum atomic E-state index is 12.1. The first-order valence-electron chi connectivity index (χ1n) is 6.26. The number of hydrogen-bond donors (Lipinski definition) is 2. The van der Waals surface area contributed by atoms with Crippen molar-refractivity contribution in [3.05, 3.63) is 23.5 Å². The molecule has 0 aromatic carbocycles. The Morgan fingerprint density at radius 3 is 2.59 bits per heavy atom. The van der Waals surface area contributed by atoms with Crippen LogP contribution >= 0.6 is 0 Å². The topological polar surface area (TPSA) is 143 Å². The summed E-state index contributed by atoms with van der Waals surface area (Å²) in [6.07, 6.45) is 1.48. The van der Waals surface area contributed by atoms with Gasteiger partial charge >= 0.3 is 6.03 Å². The van der Waals surface area contributed by atoms with Gasteiger partial charge in [0.25, 0.3) is 5.91 Å². The molecule has 0 spiro atoms. The lowest BCUT2D eigenvalue weighted by molar-refractivity contribution is -0.116. The highest BCUT2D eigenvalue weighted by Crippen LogP contribution is 2.08. The summed E-state index contributed by atoms with van der Waals surface area (Å²) in [7, 11) is 3.00. The van der Waals surface area contributed by atoms with E-state index in [0.29, 0.717) is 0 Å². The molecule has 10 heteroatoms. The summed E-state index contributed by atoms with van der Waals surface area (Å²) < 4.78 is 4.93. The quantitative estimate of drug-likeness (QED) is 0.274. The molecule has 0 aliphatic carbocycles. The monoisotopic (exact) mass is 311 g/mol. The van der Waals surface area contributed by atoms with E-state index >= 15 is 0 Å². The van der Waals surface area contributed by atoms with E-state index in [1.807, 2.05) is 0 Å². The van der Waals surface area contributed by atoms with Crippen molar-refractivity contribution in [2.45, 2.75) is 13.0 Å². The van der Waals surface area contributed by atoms with E-state index in [2.05, 4.69) is 10.1 Å². The third kappa shape index (κ3) is 4.66. The first kappa shape index (κ1) is 17.3. The molecule has 1 rings (SSSR count). The highest BCUT2D eigenvalue weighted by Gasteiger charge is 2.19. The minimum Gasteiger partial charge on any atom is -0.396 e. The summed E-state index contributed by atoms with van der Waals surface area (Å²) in [5, 5.41) is 12.4. The van der Waals surface area contributed by atoms with Crippen LogP contribution in [0, 0.1) is 0 Å². The average Bonchev–Trinajstić information content (AvgIpc) is 2.89. The number of urea groups is 1. The molecule has 0 radical (unpaired) electrons. The van der Waals surface area contributed by atoms with Crippen LogP contribution < -0.4 is 5.73 Å². The number of aldehydes is 1. The highest BCUT2D eigenvalue weighted by atomic mass is 16.5. The molecule has 1 aromatic rings. The smallest absolute Gasteiger partial charge is 0.323 e. The van der Waals surface area contributed by atoms with Crippen molar-refractivity contribution >= 4 is 18.2 Å². The van der Waals surface area contributed by atoms with Crippen LogP contribution in [0.2, 0.25) is 0 Å². The van der Waals surface area contributed by atoms with Crippen molar-refractivity contribution in [2.75, 3.05) is 20.7 Å². The Labute approximate surface area is 126 Å². The lowest BCUT2D eigenvalue weighted by Crippen LogP contribution is -2.36. The molecule has 3 N–H and O–H groups in total. The largest absolute Gasteiger partial charge is 0.396 e. The number of carbonyl (C=O) groups excluding carboxylic acids is 3. The van der Waals surface area contributed by atoms with Gasteiger partial charge < -0.3 is 20.3 Å². The van der Waals surface area contributed by atoms with Crippen LogP contribution in [0.1, 0.15) is 11.7 Å². The second-order valence-electron chi connectivity index (χ2n) is 4.45. The first-order chi connectivity index (χ1) is 10.4. The molecule has 1 aromatic heterocycles. The van der Waals surface area contributed by atoms with E-state index in [1.54, 1.807) is 0 Å². The zero-order chi connectivity index (χ0) is 16.7. The fourth-order valence-corrected chi connectivity index (χ4v) is 1.45. The fraction of sp³-hybridized carbons (Fsp3) is 0.417. The summed E-state index contributed by atoms with van der Waals surface area (Å²) in [5.41, 5.74) is 4.67. The highest BCUT2D eigenvalue weighted by molar-refractivity contribution is 6.09. The molecule has 0 bridgehead atoms. The summed E-state index contributed by atoms with van der Waals surface area (Å²) in [6, 6.07) is -0.512. The van der Waals surface area contributed by atoms with Crippen molar-refractivity contribution in [3.8, 4) is 0 Å². The van der Waals surface area contributed by atoms with Gasteiger partial charge in [0, 0.05) is 26.7 Å². The Hall–Kier alpha value is -2.75. The van der Waals surface area contributed by atoms with Crippen LogP contribution in [0.3, 0.4) is 0 Å². The van der Waals surface area contributed by atoms with Gasteiger partial charge in [0.2, 0.25) is 5.89 Å². The predicted molar refractivity (Wildman–Crippen MR) is 73.1 cm³/mol. The van der Waals surface area contributed by atoms with Crippen LogP contribution in [0.5, 0.6) is 0 Å². The van der Waals surface area contributed by atoms with E-state index in [0.717, 1.165) is 11.1 Å². The summed E-state index contributed by atoms with van der Waals surface area (Å²) in [4.78, 5) is 40.2. The number of aromatic nitrogens is 2. The Bertz CT molecular complexity index is 580. The van der Waals surface area contributed by atoms with E-state index in [4.69, 9.17) is 15.4 Å². The maximum absolute atomic E-state index is 12.1. The zero-order valence-corrected chi connectivity index (χ0v) is 12.2. The van der Waals surface area contributed by atoms with Crippen molar-refractivity contribution in [3.63, 3.8) is 0 Å². The molecule has 120 valence electrons. The van der Waals surface area contributed by atoms with Crippen LogP contribution in [-0.4, -0.2) is 64.0 Å². The predicted octanol–water partition coefficient (Wildman–Crippen LogP) is -1.34. The van der Waals surface area contributed by atoms with Crippen molar-refractivity contribution in [2.24, 2.45) is 5.73 Å². The molecule has 0 atom stereocenters. The Balaban J connectivity index is 3.02. The molecule has 0 aliphatic heterocycles. The molecular formula is C12H17N5O5. The lowest BCUT2D eigenvalue weighted by atomic mass is 10.3. The number of nitrogens with two attached hydrogens (primary N) is 1. The summed E-state index contributed by atoms with van der Waals surface area (Å²) in [6.45, 7) is -0.295. The van der Waals surface area contributed by atoms with Gasteiger partial charge in [0.15, 0.2) is 12.1 Å². The van der Waals surface area contributed by atoms with Crippen molar-refractivity contribution < 1.29 is 24.0 Å². The number of hydrogen-bond acceptors (Lipinski definition) is 7. The lowest BCUT2D eigenvalue weighted by Gasteiger charge is -2.21. The van der Waals surface area contributed by atoms with Gasteiger partial charge in [0.05, 0.1) is 12.2 Å². The van der Waals surface area contributed by atoms with Gasteiger partial charge in [0.1, 0.15) is 6.54 Å². The first-order valence-corrected chi connectivity index (χ1v) is 6.26. The van der Waals surface area contributed by atoms with Gasteiger partial charge in [-0.15, -0.1) is 0 Å². The number of carbonyl (C=O) groups is 3.